The van der Waals surface area contributed by atoms with Gasteiger partial charge < -0.3 is 8.94 Å². The molecule has 1 N–H and O–H groups in total. The van der Waals surface area contributed by atoms with Crippen LogP contribution in [0.4, 0.5) is 0 Å². The largest absolute Gasteiger partial charge is 0.460 e. The molecule has 5 nitrogen and oxygen atoms in total. The van der Waals surface area contributed by atoms with Crippen LogP contribution in [0.15, 0.2) is 52.0 Å². The topological polar surface area (TPSA) is 63.8 Å². The number of furan rings is 1. The molecule has 0 aliphatic heterocycles. The van der Waals surface area contributed by atoms with Gasteiger partial charge in [0.1, 0.15) is 11.5 Å². The molecule has 0 bridgehead atoms. The second kappa shape index (κ2) is 10.0. The summed E-state index contributed by atoms with van der Waals surface area (Å²) in [6.45, 7) is 8.01. The molecule has 0 aliphatic carbocycles. The lowest BCUT2D eigenvalue weighted by atomic mass is 10.2. The van der Waals surface area contributed by atoms with Crippen molar-refractivity contribution in [1.29, 1.82) is 0 Å². The molecule has 6 heteroatoms. The lowest BCUT2D eigenvalue weighted by Crippen LogP contribution is -2.08. The molecule has 126 valence electrons. The molecular weight excluding hydrogens is 311 g/mol. The summed E-state index contributed by atoms with van der Waals surface area (Å²) in [5.41, 5.74) is 0.936. The van der Waals surface area contributed by atoms with Crippen molar-refractivity contribution in [3.63, 3.8) is 0 Å². The Bertz CT molecular complexity index is 638. The van der Waals surface area contributed by atoms with Crippen molar-refractivity contribution in [1.82, 2.24) is 5.20 Å². The highest BCUT2D eigenvalue weighted by atomic mass is 31.2. The van der Waals surface area contributed by atoms with Gasteiger partial charge in [-0.1, -0.05) is 44.2 Å². The van der Waals surface area contributed by atoms with Gasteiger partial charge in [-0.05, 0) is 31.5 Å². The number of hydrazone groups is 1. The van der Waals surface area contributed by atoms with Gasteiger partial charge in [-0.2, -0.15) is 5.10 Å². The number of rotatable bonds is 7. The van der Waals surface area contributed by atoms with Crippen molar-refractivity contribution in [2.45, 2.75) is 33.9 Å². The van der Waals surface area contributed by atoms with Crippen molar-refractivity contribution >= 4 is 13.7 Å². The molecule has 1 aromatic heterocycles. The molecule has 1 heterocycles. The molecule has 1 atom stereocenters. The van der Waals surface area contributed by atoms with Crippen molar-refractivity contribution in [3.05, 3.63) is 59.5 Å². The SMILES string of the molecule is CC.CCOP(=O)(Cc1ccccc1)N/N=C/c1ccc(C)o1. The monoisotopic (exact) mass is 336 g/mol. The first kappa shape index (κ1) is 19.2. The normalized spacial score (nSPS) is 13.2. The highest BCUT2D eigenvalue weighted by molar-refractivity contribution is 7.56. The number of hydrogen-bond donors (Lipinski definition) is 1. The van der Waals surface area contributed by atoms with Gasteiger partial charge in [0.15, 0.2) is 0 Å². The van der Waals surface area contributed by atoms with Gasteiger partial charge in [0.05, 0.1) is 19.0 Å². The fourth-order valence-electron chi connectivity index (χ4n) is 1.85. The fourth-order valence-corrected chi connectivity index (χ4v) is 3.41. The van der Waals surface area contributed by atoms with E-state index in [1.165, 1.54) is 6.21 Å². The van der Waals surface area contributed by atoms with Crippen LogP contribution < -0.4 is 5.20 Å². The number of hydrogen-bond acceptors (Lipinski definition) is 4. The van der Waals surface area contributed by atoms with E-state index in [1.54, 1.807) is 13.0 Å². The predicted octanol–water partition coefficient (Wildman–Crippen LogP) is 4.97. The summed E-state index contributed by atoms with van der Waals surface area (Å²) in [6, 6.07) is 13.2. The molecule has 0 fully saturated rings. The zero-order chi connectivity index (χ0) is 17.1. The van der Waals surface area contributed by atoms with Crippen LogP contribution in [0.25, 0.3) is 0 Å². The van der Waals surface area contributed by atoms with Crippen LogP contribution in [0, 0.1) is 6.92 Å². The summed E-state index contributed by atoms with van der Waals surface area (Å²) in [5.74, 6) is 1.40. The molecule has 0 saturated carbocycles. The summed E-state index contributed by atoms with van der Waals surface area (Å²) < 4.78 is 23.4. The lowest BCUT2D eigenvalue weighted by Gasteiger charge is -2.16. The van der Waals surface area contributed by atoms with E-state index in [9.17, 15) is 4.57 Å². The maximum Gasteiger partial charge on any atom is 0.313 e. The fraction of sp³-hybridized carbons (Fsp3) is 0.353. The van der Waals surface area contributed by atoms with E-state index in [1.807, 2.05) is 57.2 Å². The second-order valence-corrected chi connectivity index (χ2v) is 6.66. The highest BCUT2D eigenvalue weighted by Crippen LogP contribution is 2.45. The van der Waals surface area contributed by atoms with Crippen molar-refractivity contribution in [2.24, 2.45) is 5.10 Å². The standard InChI is InChI=1S/C15H19N2O3P.C2H6/c1-3-19-21(18,12-14-7-5-4-6-8-14)17-16-11-15-10-9-13(2)20-15;1-2/h4-11H,3,12H2,1-2H3,(H,17,18);1-2H3/b16-11+;. The molecular formula is C17H25N2O3P. The molecule has 23 heavy (non-hydrogen) atoms. The van der Waals surface area contributed by atoms with E-state index < -0.39 is 7.52 Å². The summed E-state index contributed by atoms with van der Waals surface area (Å²) in [6.07, 6.45) is 1.78. The van der Waals surface area contributed by atoms with E-state index in [2.05, 4.69) is 10.3 Å². The summed E-state index contributed by atoms with van der Waals surface area (Å²) in [7, 11) is -3.06. The average Bonchev–Trinajstić information content (AvgIpc) is 2.96. The average molecular weight is 336 g/mol. The minimum Gasteiger partial charge on any atom is -0.460 e. The molecule has 1 aromatic carbocycles. The van der Waals surface area contributed by atoms with Crippen molar-refractivity contribution < 1.29 is 13.5 Å². The maximum absolute atomic E-state index is 12.7. The smallest absolute Gasteiger partial charge is 0.313 e. The lowest BCUT2D eigenvalue weighted by molar-refractivity contribution is 0.324. The first-order valence-electron chi connectivity index (χ1n) is 7.75. The van der Waals surface area contributed by atoms with E-state index in [0.717, 1.165) is 11.3 Å². The number of aryl methyl sites for hydroxylation is 1. The summed E-state index contributed by atoms with van der Waals surface area (Å²) in [4.78, 5) is 0. The third kappa shape index (κ3) is 6.85. The molecule has 0 aliphatic rings. The van der Waals surface area contributed by atoms with Gasteiger partial charge in [-0.3, -0.25) is 4.57 Å². The predicted molar refractivity (Wildman–Crippen MR) is 94.9 cm³/mol. The zero-order valence-corrected chi connectivity index (χ0v) is 15.0. The molecule has 2 rings (SSSR count). The van der Waals surface area contributed by atoms with E-state index in [-0.39, 0.29) is 6.16 Å². The molecule has 0 radical (unpaired) electrons. The van der Waals surface area contributed by atoms with Gasteiger partial charge in [-0.25, -0.2) is 5.20 Å². The number of nitrogens with zero attached hydrogens (tertiary/aromatic N) is 1. The van der Waals surface area contributed by atoms with Crippen LogP contribution >= 0.6 is 7.52 Å². The Hall–Kier alpha value is -1.84. The van der Waals surface area contributed by atoms with Gasteiger partial charge in [0.2, 0.25) is 0 Å². The van der Waals surface area contributed by atoms with E-state index in [0.29, 0.717) is 12.4 Å². The van der Waals surface area contributed by atoms with Crippen LogP contribution in [0.2, 0.25) is 0 Å². The first-order valence-corrected chi connectivity index (χ1v) is 9.56. The Balaban J connectivity index is 0.00000127. The molecule has 2 aromatic rings. The zero-order valence-electron chi connectivity index (χ0n) is 14.2. The van der Waals surface area contributed by atoms with Crippen LogP contribution in [-0.2, 0) is 15.3 Å². The summed E-state index contributed by atoms with van der Waals surface area (Å²) in [5, 5.41) is 6.63. The number of nitrogens with one attached hydrogen (secondary N) is 1. The Morgan fingerprint density at radius 3 is 2.48 bits per heavy atom. The van der Waals surface area contributed by atoms with Crippen LogP contribution in [-0.4, -0.2) is 12.8 Å². The Morgan fingerprint density at radius 1 is 1.22 bits per heavy atom. The van der Waals surface area contributed by atoms with Gasteiger partial charge in [0.25, 0.3) is 0 Å². The summed E-state index contributed by atoms with van der Waals surface area (Å²) >= 11 is 0. The Kier molecular flexibility index (Phi) is 8.38. The minimum atomic E-state index is -3.06. The van der Waals surface area contributed by atoms with Gasteiger partial charge >= 0.3 is 7.52 Å². The first-order chi connectivity index (χ1) is 11.1. The van der Waals surface area contributed by atoms with Crippen LogP contribution in [0.3, 0.4) is 0 Å². The van der Waals surface area contributed by atoms with E-state index >= 15 is 0 Å². The Morgan fingerprint density at radius 2 is 1.91 bits per heavy atom. The van der Waals surface area contributed by atoms with Crippen LogP contribution in [0.5, 0.6) is 0 Å². The van der Waals surface area contributed by atoms with Gasteiger partial charge in [0, 0.05) is 0 Å². The molecule has 1 unspecified atom stereocenters. The third-order valence-corrected chi connectivity index (χ3v) is 4.61. The van der Waals surface area contributed by atoms with Crippen LogP contribution in [0.1, 0.15) is 37.9 Å². The van der Waals surface area contributed by atoms with Gasteiger partial charge in [-0.15, -0.1) is 0 Å². The highest BCUT2D eigenvalue weighted by Gasteiger charge is 2.22. The number of benzene rings is 1. The molecule has 0 saturated heterocycles. The second-order valence-electron chi connectivity index (χ2n) is 4.54. The molecule has 0 spiro atoms. The maximum atomic E-state index is 12.7. The Labute approximate surface area is 138 Å². The van der Waals surface area contributed by atoms with Crippen molar-refractivity contribution in [3.8, 4) is 0 Å². The van der Waals surface area contributed by atoms with Crippen molar-refractivity contribution in [2.75, 3.05) is 6.61 Å². The quantitative estimate of drug-likeness (QED) is 0.440. The molecule has 0 amide bonds. The minimum absolute atomic E-state index is 0.288. The third-order valence-electron chi connectivity index (χ3n) is 2.73. The van der Waals surface area contributed by atoms with E-state index in [4.69, 9.17) is 8.94 Å².